The fraction of sp³-hybridized carbons (Fsp3) is 0.148. The van der Waals surface area contributed by atoms with E-state index >= 15 is 0 Å². The van der Waals surface area contributed by atoms with Crippen LogP contribution < -0.4 is 5.32 Å². The van der Waals surface area contributed by atoms with Gasteiger partial charge in [0.05, 0.1) is 12.2 Å². The van der Waals surface area contributed by atoms with Gasteiger partial charge in [0.2, 0.25) is 5.91 Å². The molecule has 0 spiro atoms. The highest BCUT2D eigenvalue weighted by molar-refractivity contribution is 6.31. The zero-order valence-corrected chi connectivity index (χ0v) is 19.8. The lowest BCUT2D eigenvalue weighted by Crippen LogP contribution is -2.26. The van der Waals surface area contributed by atoms with Crippen LogP contribution in [-0.4, -0.2) is 33.5 Å². The molecule has 0 fully saturated rings. The number of nitrogens with one attached hydrogen (secondary N) is 1. The monoisotopic (exact) mass is 472 g/mol. The van der Waals surface area contributed by atoms with Gasteiger partial charge in [0, 0.05) is 54.1 Å². The average Bonchev–Trinajstić information content (AvgIpc) is 3.23. The van der Waals surface area contributed by atoms with E-state index in [0.717, 1.165) is 22.4 Å². The Hall–Kier alpha value is -3.90. The van der Waals surface area contributed by atoms with Crippen molar-refractivity contribution in [1.82, 2.24) is 14.7 Å². The van der Waals surface area contributed by atoms with Crippen LogP contribution >= 0.6 is 11.6 Å². The maximum atomic E-state index is 13.1. The molecule has 2 amide bonds. The molecule has 0 bridgehead atoms. The Kier molecular flexibility index (Phi) is 7.09. The van der Waals surface area contributed by atoms with Gasteiger partial charge in [-0.3, -0.25) is 14.3 Å². The van der Waals surface area contributed by atoms with Crippen LogP contribution in [0, 0.1) is 0 Å². The quantitative estimate of drug-likeness (QED) is 0.387. The minimum atomic E-state index is -0.154. The Bertz CT molecular complexity index is 1300. The van der Waals surface area contributed by atoms with Gasteiger partial charge in [-0.05, 0) is 35.9 Å². The Morgan fingerprint density at radius 2 is 1.62 bits per heavy atom. The standard InChI is InChI=1S/C27H25ClN4O2/c1-19(33)29-24-14-12-21(13-15-24)27(34)31(2)16-23-18-32(17-22-10-6-7-11-25(22)28)30-26(23)20-8-4-3-5-9-20/h3-15,18H,16-17H2,1-2H3,(H,29,33). The normalized spacial score (nSPS) is 10.7. The second-order valence-corrected chi connectivity index (χ2v) is 8.48. The molecule has 6 nitrogen and oxygen atoms in total. The van der Waals surface area contributed by atoms with E-state index in [0.29, 0.717) is 29.4 Å². The molecule has 7 heteroatoms. The number of carbonyl (C=O) groups is 2. The van der Waals surface area contributed by atoms with E-state index in [1.165, 1.54) is 6.92 Å². The number of anilines is 1. The van der Waals surface area contributed by atoms with Crippen molar-refractivity contribution >= 4 is 29.1 Å². The van der Waals surface area contributed by atoms with Gasteiger partial charge >= 0.3 is 0 Å². The highest BCUT2D eigenvalue weighted by Crippen LogP contribution is 2.25. The Balaban J connectivity index is 1.58. The van der Waals surface area contributed by atoms with Crippen LogP contribution in [0.15, 0.2) is 85.1 Å². The van der Waals surface area contributed by atoms with E-state index < -0.39 is 0 Å². The molecule has 0 atom stereocenters. The summed E-state index contributed by atoms with van der Waals surface area (Å²) in [5.41, 5.74) is 4.91. The van der Waals surface area contributed by atoms with E-state index in [2.05, 4.69) is 5.32 Å². The third-order valence-electron chi connectivity index (χ3n) is 5.38. The molecule has 4 rings (SSSR count). The number of halogens is 1. The lowest BCUT2D eigenvalue weighted by Gasteiger charge is -2.17. The number of carbonyl (C=O) groups excluding carboxylic acids is 2. The average molecular weight is 473 g/mol. The number of hydrogen-bond donors (Lipinski definition) is 1. The van der Waals surface area contributed by atoms with Crippen LogP contribution in [0.1, 0.15) is 28.4 Å². The van der Waals surface area contributed by atoms with Crippen molar-refractivity contribution in [3.63, 3.8) is 0 Å². The predicted molar refractivity (Wildman–Crippen MR) is 135 cm³/mol. The molecule has 4 aromatic rings. The summed E-state index contributed by atoms with van der Waals surface area (Å²) < 4.78 is 1.86. The van der Waals surface area contributed by atoms with Crippen LogP contribution in [0.5, 0.6) is 0 Å². The van der Waals surface area contributed by atoms with Crippen molar-refractivity contribution in [3.05, 3.63) is 107 Å². The summed E-state index contributed by atoms with van der Waals surface area (Å²) in [7, 11) is 1.77. The van der Waals surface area contributed by atoms with Gasteiger partial charge in [0.1, 0.15) is 0 Å². The van der Waals surface area contributed by atoms with Gasteiger partial charge in [-0.2, -0.15) is 5.10 Å². The molecule has 0 saturated heterocycles. The van der Waals surface area contributed by atoms with Crippen LogP contribution in [-0.2, 0) is 17.9 Å². The summed E-state index contributed by atoms with van der Waals surface area (Å²) in [5.74, 6) is -0.273. The molecule has 34 heavy (non-hydrogen) atoms. The highest BCUT2D eigenvalue weighted by Gasteiger charge is 2.18. The highest BCUT2D eigenvalue weighted by atomic mass is 35.5. The third-order valence-corrected chi connectivity index (χ3v) is 5.75. The first-order valence-corrected chi connectivity index (χ1v) is 11.3. The smallest absolute Gasteiger partial charge is 0.253 e. The van der Waals surface area contributed by atoms with Crippen molar-refractivity contribution in [2.75, 3.05) is 12.4 Å². The zero-order chi connectivity index (χ0) is 24.1. The van der Waals surface area contributed by atoms with Crippen LogP contribution in [0.4, 0.5) is 5.69 Å². The van der Waals surface area contributed by atoms with Gasteiger partial charge < -0.3 is 10.2 Å². The summed E-state index contributed by atoms with van der Waals surface area (Å²) in [6, 6.07) is 24.5. The SMILES string of the molecule is CC(=O)Nc1ccc(C(=O)N(C)Cc2cn(Cc3ccccc3Cl)nc2-c2ccccc2)cc1. The first kappa shape index (κ1) is 23.3. The van der Waals surface area contributed by atoms with Crippen molar-refractivity contribution in [2.45, 2.75) is 20.0 Å². The first-order valence-electron chi connectivity index (χ1n) is 10.9. The van der Waals surface area contributed by atoms with Gasteiger partial charge in [0.15, 0.2) is 0 Å². The lowest BCUT2D eigenvalue weighted by atomic mass is 10.1. The van der Waals surface area contributed by atoms with Crippen molar-refractivity contribution in [3.8, 4) is 11.3 Å². The molecule has 0 aliphatic carbocycles. The second-order valence-electron chi connectivity index (χ2n) is 8.08. The molecule has 1 heterocycles. The molecule has 0 radical (unpaired) electrons. The number of rotatable bonds is 7. The van der Waals surface area contributed by atoms with E-state index in [1.807, 2.05) is 65.5 Å². The number of benzene rings is 3. The molecule has 0 aliphatic heterocycles. The van der Waals surface area contributed by atoms with Crippen molar-refractivity contribution in [1.29, 1.82) is 0 Å². The van der Waals surface area contributed by atoms with Gasteiger partial charge in [-0.25, -0.2) is 0 Å². The minimum absolute atomic E-state index is 0.118. The zero-order valence-electron chi connectivity index (χ0n) is 19.0. The van der Waals surface area contributed by atoms with Crippen molar-refractivity contribution in [2.24, 2.45) is 0 Å². The van der Waals surface area contributed by atoms with Crippen molar-refractivity contribution < 1.29 is 9.59 Å². The summed E-state index contributed by atoms with van der Waals surface area (Å²) in [4.78, 5) is 26.0. The molecular formula is C27H25ClN4O2. The third kappa shape index (κ3) is 5.53. The molecule has 3 aromatic carbocycles. The molecular weight excluding hydrogens is 448 g/mol. The predicted octanol–water partition coefficient (Wildman–Crippen LogP) is 5.48. The number of amides is 2. The molecule has 1 aromatic heterocycles. The van der Waals surface area contributed by atoms with E-state index in [-0.39, 0.29) is 11.8 Å². The van der Waals surface area contributed by atoms with Gasteiger partial charge in [0.25, 0.3) is 5.91 Å². The number of aromatic nitrogens is 2. The molecule has 1 N–H and O–H groups in total. The summed E-state index contributed by atoms with van der Waals surface area (Å²) in [6.45, 7) is 2.36. The maximum absolute atomic E-state index is 13.1. The topological polar surface area (TPSA) is 67.2 Å². The lowest BCUT2D eigenvalue weighted by molar-refractivity contribution is -0.114. The summed E-state index contributed by atoms with van der Waals surface area (Å²) in [6.07, 6.45) is 1.97. The second kappa shape index (κ2) is 10.4. The van der Waals surface area contributed by atoms with Crippen LogP contribution in [0.3, 0.4) is 0 Å². The molecule has 0 aliphatic rings. The number of hydrogen-bond acceptors (Lipinski definition) is 3. The molecule has 172 valence electrons. The fourth-order valence-corrected chi connectivity index (χ4v) is 3.94. The number of nitrogens with zero attached hydrogens (tertiary/aromatic N) is 3. The van der Waals surface area contributed by atoms with Crippen LogP contribution in [0.25, 0.3) is 11.3 Å². The van der Waals surface area contributed by atoms with E-state index in [1.54, 1.807) is 36.2 Å². The Morgan fingerprint density at radius 3 is 2.29 bits per heavy atom. The Morgan fingerprint density at radius 1 is 0.941 bits per heavy atom. The molecule has 0 unspecified atom stereocenters. The summed E-state index contributed by atoms with van der Waals surface area (Å²) in [5, 5.41) is 8.22. The van der Waals surface area contributed by atoms with E-state index in [4.69, 9.17) is 16.7 Å². The van der Waals surface area contributed by atoms with Crippen LogP contribution in [0.2, 0.25) is 5.02 Å². The maximum Gasteiger partial charge on any atom is 0.253 e. The van der Waals surface area contributed by atoms with E-state index in [9.17, 15) is 9.59 Å². The largest absolute Gasteiger partial charge is 0.337 e. The molecule has 0 saturated carbocycles. The minimum Gasteiger partial charge on any atom is -0.337 e. The fourth-order valence-electron chi connectivity index (χ4n) is 3.75. The van der Waals surface area contributed by atoms with Gasteiger partial charge in [-0.1, -0.05) is 60.1 Å². The summed E-state index contributed by atoms with van der Waals surface area (Å²) >= 11 is 6.35. The first-order chi connectivity index (χ1) is 16.4. The Labute approximate surface area is 203 Å². The van der Waals surface area contributed by atoms with Gasteiger partial charge in [-0.15, -0.1) is 0 Å².